The van der Waals surface area contributed by atoms with Crippen molar-refractivity contribution >= 4 is 24.4 Å². The zero-order chi connectivity index (χ0) is 14.4. The van der Waals surface area contributed by atoms with Crippen LogP contribution < -0.4 is 20.5 Å². The molecule has 5 nitrogen and oxygen atoms in total. The maximum Gasteiger partial charge on any atom is 0.250 e. The molecule has 0 bridgehead atoms. The second-order valence-corrected chi connectivity index (χ2v) is 4.61. The number of fused-ring (bicyclic) bond motifs is 1. The molecular formula is C15H21ClN2O3. The van der Waals surface area contributed by atoms with Crippen molar-refractivity contribution in [2.45, 2.75) is 12.8 Å². The van der Waals surface area contributed by atoms with E-state index in [9.17, 15) is 4.79 Å². The van der Waals surface area contributed by atoms with Crippen LogP contribution in [-0.4, -0.2) is 32.7 Å². The fourth-order valence-corrected chi connectivity index (χ4v) is 2.00. The van der Waals surface area contributed by atoms with Gasteiger partial charge in [0, 0.05) is 12.1 Å². The van der Waals surface area contributed by atoms with Crippen molar-refractivity contribution in [3.05, 3.63) is 29.3 Å². The summed E-state index contributed by atoms with van der Waals surface area (Å²) in [6.45, 7) is 1.58. The van der Waals surface area contributed by atoms with Crippen LogP contribution in [0.15, 0.2) is 23.8 Å². The van der Waals surface area contributed by atoms with E-state index in [2.05, 4.69) is 5.32 Å². The maximum atomic E-state index is 12.0. The Morgan fingerprint density at radius 2 is 2.24 bits per heavy atom. The van der Waals surface area contributed by atoms with E-state index in [1.54, 1.807) is 7.11 Å². The number of rotatable bonds is 6. The number of nitrogens with one attached hydrogen (secondary N) is 1. The van der Waals surface area contributed by atoms with Gasteiger partial charge >= 0.3 is 0 Å². The summed E-state index contributed by atoms with van der Waals surface area (Å²) in [5.74, 6) is 1.43. The number of carbonyl (C=O) groups is 1. The molecule has 0 aliphatic carbocycles. The van der Waals surface area contributed by atoms with E-state index in [1.165, 1.54) is 0 Å². The molecule has 1 amide bonds. The molecule has 1 aliphatic rings. The van der Waals surface area contributed by atoms with Crippen LogP contribution >= 0.6 is 12.4 Å². The molecule has 0 atom stereocenters. The predicted molar refractivity (Wildman–Crippen MR) is 85.0 cm³/mol. The Balaban J connectivity index is 0.00000220. The highest BCUT2D eigenvalue weighted by atomic mass is 35.5. The van der Waals surface area contributed by atoms with Gasteiger partial charge in [-0.25, -0.2) is 0 Å². The minimum atomic E-state index is -0.0875. The van der Waals surface area contributed by atoms with Crippen molar-refractivity contribution < 1.29 is 14.3 Å². The lowest BCUT2D eigenvalue weighted by Crippen LogP contribution is -2.29. The molecule has 0 spiro atoms. The Morgan fingerprint density at radius 3 is 2.95 bits per heavy atom. The molecule has 1 aromatic rings. The summed E-state index contributed by atoms with van der Waals surface area (Å²) >= 11 is 0. The number of carbonyl (C=O) groups excluding carboxylic acids is 1. The van der Waals surface area contributed by atoms with Gasteiger partial charge < -0.3 is 20.5 Å². The smallest absolute Gasteiger partial charge is 0.250 e. The molecule has 0 aromatic heterocycles. The fraction of sp³-hybridized carbons (Fsp3) is 0.400. The van der Waals surface area contributed by atoms with Gasteiger partial charge in [-0.05, 0) is 43.7 Å². The summed E-state index contributed by atoms with van der Waals surface area (Å²) in [7, 11) is 1.61. The van der Waals surface area contributed by atoms with Crippen LogP contribution in [0, 0.1) is 0 Å². The summed E-state index contributed by atoms with van der Waals surface area (Å²) in [6, 6.07) is 5.54. The number of nitrogens with two attached hydrogens (primary N) is 1. The minimum Gasteiger partial charge on any atom is -0.497 e. The number of hydrogen-bond acceptors (Lipinski definition) is 4. The quantitative estimate of drug-likeness (QED) is 0.785. The van der Waals surface area contributed by atoms with E-state index in [4.69, 9.17) is 15.2 Å². The van der Waals surface area contributed by atoms with Crippen LogP contribution in [-0.2, 0) is 4.79 Å². The van der Waals surface area contributed by atoms with Crippen molar-refractivity contribution in [1.29, 1.82) is 0 Å². The number of benzene rings is 1. The third kappa shape index (κ3) is 4.65. The molecule has 2 rings (SSSR count). The summed E-state index contributed by atoms with van der Waals surface area (Å²) < 4.78 is 10.8. The highest BCUT2D eigenvalue weighted by molar-refractivity contribution is 5.99. The minimum absolute atomic E-state index is 0. The van der Waals surface area contributed by atoms with E-state index < -0.39 is 0 Å². The second-order valence-electron chi connectivity index (χ2n) is 4.61. The summed E-state index contributed by atoms with van der Waals surface area (Å²) in [5, 5.41) is 2.87. The van der Waals surface area contributed by atoms with Gasteiger partial charge in [-0.3, -0.25) is 4.79 Å². The molecule has 0 radical (unpaired) electrons. The Bertz CT molecular complexity index is 518. The number of methoxy groups -OCH3 is 1. The average Bonchev–Trinajstić information content (AvgIpc) is 2.50. The SMILES string of the molecule is COc1ccc2c(c1)C=C(C(=O)NCCCCN)CO2.Cl. The van der Waals surface area contributed by atoms with E-state index in [0.29, 0.717) is 25.3 Å². The van der Waals surface area contributed by atoms with Gasteiger partial charge in [0.05, 0.1) is 12.7 Å². The summed E-state index contributed by atoms with van der Waals surface area (Å²) in [6.07, 6.45) is 3.65. The van der Waals surface area contributed by atoms with Crippen molar-refractivity contribution in [2.75, 3.05) is 26.8 Å². The lowest BCUT2D eigenvalue weighted by atomic mass is 10.1. The lowest BCUT2D eigenvalue weighted by Gasteiger charge is -2.18. The normalized spacial score (nSPS) is 12.4. The van der Waals surface area contributed by atoms with Crippen LogP contribution in [0.5, 0.6) is 11.5 Å². The first-order valence-electron chi connectivity index (χ1n) is 6.74. The highest BCUT2D eigenvalue weighted by Gasteiger charge is 2.17. The molecule has 21 heavy (non-hydrogen) atoms. The van der Waals surface area contributed by atoms with Gasteiger partial charge in [-0.15, -0.1) is 12.4 Å². The van der Waals surface area contributed by atoms with E-state index in [1.807, 2.05) is 24.3 Å². The Labute approximate surface area is 130 Å². The van der Waals surface area contributed by atoms with Crippen molar-refractivity contribution in [1.82, 2.24) is 5.32 Å². The zero-order valence-corrected chi connectivity index (χ0v) is 12.9. The van der Waals surface area contributed by atoms with Crippen LogP contribution in [0.4, 0.5) is 0 Å². The molecule has 1 heterocycles. The van der Waals surface area contributed by atoms with Gasteiger partial charge in [0.15, 0.2) is 0 Å². The van der Waals surface area contributed by atoms with E-state index in [0.717, 1.165) is 29.9 Å². The highest BCUT2D eigenvalue weighted by Crippen LogP contribution is 2.29. The first-order chi connectivity index (χ1) is 9.74. The van der Waals surface area contributed by atoms with Gasteiger partial charge in [-0.1, -0.05) is 0 Å². The Hall–Kier alpha value is -1.72. The van der Waals surface area contributed by atoms with E-state index >= 15 is 0 Å². The van der Waals surface area contributed by atoms with Crippen molar-refractivity contribution in [3.63, 3.8) is 0 Å². The van der Waals surface area contributed by atoms with Gasteiger partial charge in [0.2, 0.25) is 0 Å². The largest absolute Gasteiger partial charge is 0.497 e. The Kier molecular flexibility index (Phi) is 7.05. The standard InChI is InChI=1S/C15H20N2O3.ClH/c1-19-13-4-5-14-11(9-13)8-12(10-20-14)15(18)17-7-3-2-6-16;/h4-5,8-9H,2-3,6-7,10,16H2,1H3,(H,17,18);1H. The lowest BCUT2D eigenvalue weighted by molar-refractivity contribution is -0.117. The Morgan fingerprint density at radius 1 is 1.43 bits per heavy atom. The predicted octanol–water partition coefficient (Wildman–Crippen LogP) is 1.75. The van der Waals surface area contributed by atoms with Gasteiger partial charge in [-0.2, -0.15) is 0 Å². The molecule has 0 unspecified atom stereocenters. The molecule has 0 fully saturated rings. The molecule has 0 saturated carbocycles. The summed E-state index contributed by atoms with van der Waals surface area (Å²) in [4.78, 5) is 12.0. The third-order valence-corrected chi connectivity index (χ3v) is 3.14. The molecular weight excluding hydrogens is 292 g/mol. The van der Waals surface area contributed by atoms with Crippen molar-refractivity contribution in [3.8, 4) is 11.5 Å². The number of halogens is 1. The first-order valence-corrected chi connectivity index (χ1v) is 6.74. The van der Waals surface area contributed by atoms with Crippen LogP contribution in [0.3, 0.4) is 0 Å². The molecule has 1 aliphatic heterocycles. The van der Waals surface area contributed by atoms with Crippen LogP contribution in [0.2, 0.25) is 0 Å². The number of unbranched alkanes of at least 4 members (excludes halogenated alkanes) is 1. The molecule has 0 saturated heterocycles. The summed E-state index contributed by atoms with van der Waals surface area (Å²) in [5.41, 5.74) is 6.90. The number of hydrogen-bond donors (Lipinski definition) is 2. The first kappa shape index (κ1) is 17.3. The fourth-order valence-electron chi connectivity index (χ4n) is 2.00. The topological polar surface area (TPSA) is 73.6 Å². The van der Waals surface area contributed by atoms with Crippen molar-refractivity contribution in [2.24, 2.45) is 5.73 Å². The monoisotopic (exact) mass is 312 g/mol. The average molecular weight is 313 g/mol. The zero-order valence-electron chi connectivity index (χ0n) is 12.1. The molecule has 116 valence electrons. The molecule has 3 N–H and O–H groups in total. The maximum absolute atomic E-state index is 12.0. The number of amides is 1. The molecule has 1 aromatic carbocycles. The van der Waals surface area contributed by atoms with E-state index in [-0.39, 0.29) is 18.3 Å². The van der Waals surface area contributed by atoms with Crippen LogP contribution in [0.25, 0.3) is 6.08 Å². The van der Waals surface area contributed by atoms with Gasteiger partial charge in [0.25, 0.3) is 5.91 Å². The molecule has 6 heteroatoms. The van der Waals surface area contributed by atoms with Gasteiger partial charge in [0.1, 0.15) is 18.1 Å². The third-order valence-electron chi connectivity index (χ3n) is 3.14. The van der Waals surface area contributed by atoms with Crippen LogP contribution in [0.1, 0.15) is 18.4 Å². The number of ether oxygens (including phenoxy) is 2. The second kappa shape index (κ2) is 8.54.